The van der Waals surface area contributed by atoms with Gasteiger partial charge in [-0.25, -0.2) is 4.79 Å². The number of amides is 3. The van der Waals surface area contributed by atoms with E-state index in [2.05, 4.69) is 10.6 Å². The Morgan fingerprint density at radius 2 is 1.73 bits per heavy atom. The summed E-state index contributed by atoms with van der Waals surface area (Å²) in [7, 11) is 0. The third-order valence-corrected chi connectivity index (χ3v) is 4.55. The van der Waals surface area contributed by atoms with Crippen molar-refractivity contribution in [1.82, 2.24) is 5.32 Å². The third kappa shape index (κ3) is 5.34. The van der Waals surface area contributed by atoms with Crippen LogP contribution in [0.2, 0.25) is 10.0 Å². The van der Waals surface area contributed by atoms with E-state index in [4.69, 9.17) is 33.7 Å². The molecule has 0 heterocycles. The van der Waals surface area contributed by atoms with Crippen molar-refractivity contribution in [3.63, 3.8) is 0 Å². The number of anilines is 1. The number of benzene rings is 3. The van der Waals surface area contributed by atoms with E-state index < -0.39 is 11.9 Å². The maximum atomic E-state index is 12.1. The summed E-state index contributed by atoms with van der Waals surface area (Å²) >= 11 is 11.8. The predicted octanol–water partition coefficient (Wildman–Crippen LogP) is 4.91. The van der Waals surface area contributed by atoms with Crippen LogP contribution in [0.25, 0.3) is 0 Å². The topological polar surface area (TPSA) is 114 Å². The van der Waals surface area contributed by atoms with Crippen LogP contribution in [0.5, 0.6) is 17.2 Å². The molecule has 3 aromatic carbocycles. The quantitative estimate of drug-likeness (QED) is 0.431. The highest BCUT2D eigenvalue weighted by atomic mass is 35.5. The Balaban J connectivity index is 1.59. The molecule has 0 fully saturated rings. The molecule has 154 valence electrons. The van der Waals surface area contributed by atoms with E-state index >= 15 is 0 Å². The van der Waals surface area contributed by atoms with Crippen LogP contribution >= 0.6 is 23.2 Å². The number of hydrogen-bond donors (Lipinski definition) is 4. The third-order valence-electron chi connectivity index (χ3n) is 4.04. The normalized spacial score (nSPS) is 10.3. The van der Waals surface area contributed by atoms with E-state index in [1.165, 1.54) is 12.1 Å². The van der Waals surface area contributed by atoms with Gasteiger partial charge in [0.05, 0.1) is 10.6 Å². The minimum atomic E-state index is -0.590. The van der Waals surface area contributed by atoms with E-state index in [1.807, 2.05) is 0 Å². The minimum Gasteiger partial charge on any atom is -0.506 e. The standard InChI is InChI=1S/C21H17Cl2N3O4/c22-13-9-12(19(27)17(23)10-13)11-25-21(29)26-14-5-7-15(8-6-14)30-18-4-2-1-3-16(18)20(24)28/h1-10,27H,11H2,(H2,24,28)(H2,25,26,29). The van der Waals surface area contributed by atoms with E-state index in [-0.39, 0.29) is 22.9 Å². The van der Waals surface area contributed by atoms with Crippen molar-refractivity contribution in [1.29, 1.82) is 0 Å². The van der Waals surface area contributed by atoms with Crippen molar-refractivity contribution in [3.05, 3.63) is 81.8 Å². The number of rotatable bonds is 6. The zero-order valence-corrected chi connectivity index (χ0v) is 17.0. The Kier molecular flexibility index (Phi) is 6.66. The highest BCUT2D eigenvalue weighted by molar-refractivity contribution is 6.35. The fourth-order valence-corrected chi connectivity index (χ4v) is 3.13. The average molecular weight is 446 g/mol. The molecule has 0 unspecified atom stereocenters. The van der Waals surface area contributed by atoms with Gasteiger partial charge in [0.1, 0.15) is 17.2 Å². The van der Waals surface area contributed by atoms with E-state index in [1.54, 1.807) is 48.5 Å². The van der Waals surface area contributed by atoms with Crippen molar-refractivity contribution in [2.75, 3.05) is 5.32 Å². The Labute approximate surface area is 182 Å². The number of phenols is 1. The molecule has 0 bridgehead atoms. The zero-order chi connectivity index (χ0) is 21.7. The van der Waals surface area contributed by atoms with Gasteiger partial charge < -0.3 is 26.2 Å². The Hall–Kier alpha value is -3.42. The fraction of sp³-hybridized carbons (Fsp3) is 0.0476. The summed E-state index contributed by atoms with van der Waals surface area (Å²) in [6.07, 6.45) is 0. The SMILES string of the molecule is NC(=O)c1ccccc1Oc1ccc(NC(=O)NCc2cc(Cl)cc(Cl)c2O)cc1. The summed E-state index contributed by atoms with van der Waals surface area (Å²) < 4.78 is 5.69. The summed E-state index contributed by atoms with van der Waals surface area (Å²) in [4.78, 5) is 23.6. The summed E-state index contributed by atoms with van der Waals surface area (Å²) in [5.41, 5.74) is 6.51. The summed E-state index contributed by atoms with van der Waals surface area (Å²) in [5.74, 6) is 0.0725. The second kappa shape index (κ2) is 9.39. The lowest BCUT2D eigenvalue weighted by Crippen LogP contribution is -2.28. The van der Waals surface area contributed by atoms with Gasteiger partial charge in [-0.15, -0.1) is 0 Å². The summed E-state index contributed by atoms with van der Waals surface area (Å²) in [6, 6.07) is 15.6. The highest BCUT2D eigenvalue weighted by Gasteiger charge is 2.11. The van der Waals surface area contributed by atoms with Crippen LogP contribution in [-0.4, -0.2) is 17.0 Å². The molecule has 0 atom stereocenters. The Morgan fingerprint density at radius 3 is 2.43 bits per heavy atom. The van der Waals surface area contributed by atoms with Gasteiger partial charge in [-0.1, -0.05) is 35.3 Å². The first-order valence-electron chi connectivity index (χ1n) is 8.72. The smallest absolute Gasteiger partial charge is 0.319 e. The summed E-state index contributed by atoms with van der Waals surface area (Å²) in [5, 5.41) is 15.6. The van der Waals surface area contributed by atoms with Crippen molar-refractivity contribution in [2.24, 2.45) is 5.73 Å². The zero-order valence-electron chi connectivity index (χ0n) is 15.5. The molecule has 9 heteroatoms. The van der Waals surface area contributed by atoms with Gasteiger partial charge in [-0.05, 0) is 48.5 Å². The van der Waals surface area contributed by atoms with Crippen LogP contribution in [0.4, 0.5) is 10.5 Å². The first kappa shape index (κ1) is 21.3. The van der Waals surface area contributed by atoms with Crippen LogP contribution in [0, 0.1) is 0 Å². The largest absolute Gasteiger partial charge is 0.506 e. The monoisotopic (exact) mass is 445 g/mol. The number of halogens is 2. The Bertz CT molecular complexity index is 1090. The molecule has 0 aliphatic rings. The number of nitrogens with one attached hydrogen (secondary N) is 2. The molecule has 0 aliphatic heterocycles. The number of hydrogen-bond acceptors (Lipinski definition) is 4. The van der Waals surface area contributed by atoms with E-state index in [9.17, 15) is 14.7 Å². The van der Waals surface area contributed by atoms with Crippen LogP contribution < -0.4 is 21.1 Å². The molecule has 0 aromatic heterocycles. The lowest BCUT2D eigenvalue weighted by atomic mass is 10.2. The predicted molar refractivity (Wildman–Crippen MR) is 115 cm³/mol. The maximum absolute atomic E-state index is 12.1. The van der Waals surface area contributed by atoms with E-state index in [0.717, 1.165) is 0 Å². The number of carbonyl (C=O) groups excluding carboxylic acids is 2. The van der Waals surface area contributed by atoms with Gasteiger partial charge >= 0.3 is 6.03 Å². The van der Waals surface area contributed by atoms with Gasteiger partial charge in [0.25, 0.3) is 5.91 Å². The van der Waals surface area contributed by atoms with Crippen molar-refractivity contribution >= 4 is 40.8 Å². The van der Waals surface area contributed by atoms with Crippen molar-refractivity contribution in [3.8, 4) is 17.2 Å². The highest BCUT2D eigenvalue weighted by Crippen LogP contribution is 2.31. The van der Waals surface area contributed by atoms with Crippen LogP contribution in [0.15, 0.2) is 60.7 Å². The van der Waals surface area contributed by atoms with Crippen molar-refractivity contribution < 1.29 is 19.4 Å². The average Bonchev–Trinajstić information content (AvgIpc) is 2.71. The fourth-order valence-electron chi connectivity index (χ4n) is 2.60. The van der Waals surface area contributed by atoms with Crippen LogP contribution in [-0.2, 0) is 6.54 Å². The molecule has 0 radical (unpaired) electrons. The lowest BCUT2D eigenvalue weighted by Gasteiger charge is -2.11. The molecule has 0 aliphatic carbocycles. The number of ether oxygens (including phenoxy) is 1. The molecular formula is C21H17Cl2N3O4. The number of urea groups is 1. The molecule has 5 N–H and O–H groups in total. The number of primary amides is 1. The first-order valence-corrected chi connectivity index (χ1v) is 9.47. The summed E-state index contributed by atoms with van der Waals surface area (Å²) in [6.45, 7) is 0.0308. The molecule has 3 aromatic rings. The number of nitrogens with two attached hydrogens (primary N) is 1. The van der Waals surface area contributed by atoms with Crippen molar-refractivity contribution in [2.45, 2.75) is 6.54 Å². The van der Waals surface area contributed by atoms with Gasteiger partial charge in [0.2, 0.25) is 0 Å². The molecule has 7 nitrogen and oxygen atoms in total. The van der Waals surface area contributed by atoms with Gasteiger partial charge in [0.15, 0.2) is 0 Å². The molecule has 0 spiro atoms. The second-order valence-corrected chi connectivity index (χ2v) is 7.03. The minimum absolute atomic E-state index is 0.0308. The number of phenolic OH excluding ortho intramolecular Hbond substituents is 1. The molecular weight excluding hydrogens is 429 g/mol. The maximum Gasteiger partial charge on any atom is 0.319 e. The van der Waals surface area contributed by atoms with Gasteiger partial charge in [0, 0.05) is 22.8 Å². The van der Waals surface area contributed by atoms with Gasteiger partial charge in [-0.2, -0.15) is 0 Å². The Morgan fingerprint density at radius 1 is 1.03 bits per heavy atom. The second-order valence-electron chi connectivity index (χ2n) is 6.19. The number of para-hydroxylation sites is 1. The van der Waals surface area contributed by atoms with Gasteiger partial charge in [-0.3, -0.25) is 4.79 Å². The lowest BCUT2D eigenvalue weighted by molar-refractivity contribution is 0.0998. The van der Waals surface area contributed by atoms with Crippen LogP contribution in [0.1, 0.15) is 15.9 Å². The molecule has 0 saturated heterocycles. The molecule has 3 amide bonds. The molecule has 0 saturated carbocycles. The van der Waals surface area contributed by atoms with E-state index in [0.29, 0.717) is 27.8 Å². The molecule has 3 rings (SSSR count). The first-order chi connectivity index (χ1) is 14.3. The number of carbonyl (C=O) groups is 2. The molecule has 30 heavy (non-hydrogen) atoms. The number of aromatic hydroxyl groups is 1. The van der Waals surface area contributed by atoms with Crippen LogP contribution in [0.3, 0.4) is 0 Å².